The van der Waals surface area contributed by atoms with Crippen molar-refractivity contribution in [2.45, 2.75) is 45.5 Å². The zero-order valence-electron chi connectivity index (χ0n) is 20.8. The molecule has 1 fully saturated rings. The number of carbonyl (C=O) groups excluding carboxylic acids is 3. The lowest BCUT2D eigenvalue weighted by Crippen LogP contribution is -2.41. The van der Waals surface area contributed by atoms with E-state index >= 15 is 0 Å². The minimum absolute atomic E-state index is 0.138. The fourth-order valence-corrected chi connectivity index (χ4v) is 3.73. The summed E-state index contributed by atoms with van der Waals surface area (Å²) in [5, 5.41) is 2.78. The topological polar surface area (TPSA) is 94.2 Å². The second-order valence-electron chi connectivity index (χ2n) is 9.66. The van der Waals surface area contributed by atoms with Crippen LogP contribution in [0.25, 0.3) is 6.08 Å². The third-order valence-electron chi connectivity index (χ3n) is 6.52. The van der Waals surface area contributed by atoms with Crippen LogP contribution < -0.4 is 10.2 Å². The molecule has 3 amide bonds. The van der Waals surface area contributed by atoms with Crippen LogP contribution in [0.2, 0.25) is 0 Å². The van der Waals surface area contributed by atoms with E-state index in [-0.39, 0.29) is 25.0 Å². The minimum atomic E-state index is -0.685. The van der Waals surface area contributed by atoms with Crippen LogP contribution in [0.4, 0.5) is 10.5 Å². The van der Waals surface area contributed by atoms with E-state index in [2.05, 4.69) is 5.32 Å². The number of ether oxygens (including phenoxy) is 1. The Labute approximate surface area is 211 Å². The second-order valence-corrected chi connectivity index (χ2v) is 9.66. The third-order valence-corrected chi connectivity index (χ3v) is 6.52. The molecule has 4 rings (SSSR count). The number of benzene rings is 2. The first-order valence-corrected chi connectivity index (χ1v) is 11.7. The van der Waals surface area contributed by atoms with E-state index in [0.29, 0.717) is 11.2 Å². The number of rotatable bonds is 7. The van der Waals surface area contributed by atoms with Crippen LogP contribution in [0, 0.1) is 0 Å². The average Bonchev–Trinajstić information content (AvgIpc) is 3.29. The van der Waals surface area contributed by atoms with Gasteiger partial charge in [-0.2, -0.15) is 0 Å². The van der Waals surface area contributed by atoms with Crippen LogP contribution in [0.15, 0.2) is 72.2 Å². The van der Waals surface area contributed by atoms with Crippen molar-refractivity contribution in [2.24, 2.45) is 0 Å². The molecule has 0 aromatic heterocycles. The summed E-state index contributed by atoms with van der Waals surface area (Å²) >= 11 is 0. The van der Waals surface area contributed by atoms with Crippen molar-refractivity contribution in [3.63, 3.8) is 0 Å². The summed E-state index contributed by atoms with van der Waals surface area (Å²) in [6.07, 6.45) is 3.79. The van der Waals surface area contributed by atoms with Crippen LogP contribution in [-0.4, -0.2) is 42.8 Å². The molecule has 0 aliphatic carbocycles. The van der Waals surface area contributed by atoms with Gasteiger partial charge in [-0.3, -0.25) is 9.59 Å². The van der Waals surface area contributed by atoms with Gasteiger partial charge in [0.1, 0.15) is 6.61 Å². The van der Waals surface area contributed by atoms with Crippen molar-refractivity contribution in [1.82, 2.24) is 5.32 Å². The summed E-state index contributed by atoms with van der Waals surface area (Å²) in [4.78, 5) is 37.4. The lowest BCUT2D eigenvalue weighted by molar-refractivity contribution is -0.119. The molecule has 2 aromatic carbocycles. The Morgan fingerprint density at radius 1 is 0.944 bits per heavy atom. The average molecular weight is 488 g/mol. The number of hydrogen-bond donors (Lipinski definition) is 1. The van der Waals surface area contributed by atoms with Crippen molar-refractivity contribution in [3.8, 4) is 0 Å². The van der Waals surface area contributed by atoms with Gasteiger partial charge in [0.25, 0.3) is 11.8 Å². The maximum Gasteiger partial charge on any atom is 0.492 e. The summed E-state index contributed by atoms with van der Waals surface area (Å²) < 4.78 is 17.7. The van der Waals surface area contributed by atoms with E-state index in [1.165, 1.54) is 12.2 Å². The Bertz CT molecular complexity index is 1170. The molecule has 2 aromatic rings. The van der Waals surface area contributed by atoms with Crippen LogP contribution in [-0.2, 0) is 30.2 Å². The Morgan fingerprint density at radius 2 is 1.53 bits per heavy atom. The monoisotopic (exact) mass is 488 g/mol. The Balaban J connectivity index is 1.49. The predicted octanol–water partition coefficient (Wildman–Crippen LogP) is 4.06. The molecular weight excluding hydrogens is 459 g/mol. The zero-order chi connectivity index (χ0) is 25.9. The van der Waals surface area contributed by atoms with Crippen LogP contribution in [0.5, 0.6) is 0 Å². The van der Waals surface area contributed by atoms with E-state index < -0.39 is 24.4 Å². The molecule has 2 aliphatic rings. The largest absolute Gasteiger partial charge is 0.492 e. The van der Waals surface area contributed by atoms with Crippen LogP contribution >= 0.6 is 0 Å². The van der Waals surface area contributed by atoms with Gasteiger partial charge < -0.3 is 19.4 Å². The highest BCUT2D eigenvalue weighted by Crippen LogP contribution is 2.38. The van der Waals surface area contributed by atoms with Gasteiger partial charge in [0.2, 0.25) is 0 Å². The first kappa shape index (κ1) is 25.4. The molecular formula is C27H29BN2O6. The lowest BCUT2D eigenvalue weighted by Gasteiger charge is -2.32. The molecule has 0 radical (unpaired) electrons. The highest BCUT2D eigenvalue weighted by molar-refractivity contribution is 6.56. The van der Waals surface area contributed by atoms with Crippen molar-refractivity contribution >= 4 is 36.8 Å². The summed E-state index contributed by atoms with van der Waals surface area (Å²) in [6, 6.07) is 16.4. The number of amides is 3. The van der Waals surface area contributed by atoms with E-state index in [1.54, 1.807) is 24.3 Å². The summed E-state index contributed by atoms with van der Waals surface area (Å²) in [7, 11) is -0.685. The lowest BCUT2D eigenvalue weighted by atomic mass is 9.77. The molecule has 0 unspecified atom stereocenters. The predicted molar refractivity (Wildman–Crippen MR) is 137 cm³/mol. The first-order chi connectivity index (χ1) is 17.1. The standard InChI is InChI=1S/C27H29BN2O6/c1-26(2)27(3,4)36-28(35-26)21(17-29-25(33)34-18-20-8-6-5-7-9-20)16-19-10-12-22(13-11-19)30-23(31)14-15-24(30)32/h5-16H,17-18H2,1-4H3,(H,29,33). The normalized spacial score (nSPS) is 18.6. The molecule has 1 saturated heterocycles. The molecule has 36 heavy (non-hydrogen) atoms. The fourth-order valence-electron chi connectivity index (χ4n) is 3.73. The number of carbonyl (C=O) groups is 3. The van der Waals surface area contributed by atoms with Crippen molar-refractivity contribution in [2.75, 3.05) is 11.4 Å². The third kappa shape index (κ3) is 5.58. The number of alkyl carbamates (subject to hydrolysis) is 1. The van der Waals surface area contributed by atoms with Crippen molar-refractivity contribution < 1.29 is 28.4 Å². The number of anilines is 1. The summed E-state index contributed by atoms with van der Waals surface area (Å²) in [5.74, 6) is -0.751. The second kappa shape index (κ2) is 10.1. The summed E-state index contributed by atoms with van der Waals surface area (Å²) in [5.41, 5.74) is 1.73. The van der Waals surface area contributed by atoms with Gasteiger partial charge in [-0.1, -0.05) is 48.5 Å². The first-order valence-electron chi connectivity index (χ1n) is 11.7. The van der Waals surface area contributed by atoms with Gasteiger partial charge in [-0.15, -0.1) is 0 Å². The molecule has 2 heterocycles. The number of nitrogens with one attached hydrogen (secondary N) is 1. The maximum absolute atomic E-state index is 12.4. The number of nitrogens with zero attached hydrogens (tertiary/aromatic N) is 1. The van der Waals surface area contributed by atoms with Crippen molar-refractivity contribution in [1.29, 1.82) is 0 Å². The van der Waals surface area contributed by atoms with Crippen molar-refractivity contribution in [3.05, 3.63) is 83.3 Å². The molecule has 0 bridgehead atoms. The van der Waals surface area contributed by atoms with E-state index in [4.69, 9.17) is 14.0 Å². The highest BCUT2D eigenvalue weighted by atomic mass is 16.7. The van der Waals surface area contributed by atoms with Crippen LogP contribution in [0.1, 0.15) is 38.8 Å². The molecule has 9 heteroatoms. The Morgan fingerprint density at radius 3 is 2.11 bits per heavy atom. The molecule has 2 aliphatic heterocycles. The SMILES string of the molecule is CC1(C)OB(C(=Cc2ccc(N3C(=O)C=CC3=O)cc2)CNC(=O)OCc2ccccc2)OC1(C)C. The van der Waals surface area contributed by atoms with E-state index in [1.807, 2.05) is 64.1 Å². The van der Waals surface area contributed by atoms with Crippen LogP contribution in [0.3, 0.4) is 0 Å². The van der Waals surface area contributed by atoms with E-state index in [0.717, 1.165) is 16.0 Å². The molecule has 8 nitrogen and oxygen atoms in total. The molecule has 0 saturated carbocycles. The zero-order valence-corrected chi connectivity index (χ0v) is 20.8. The fraction of sp³-hybridized carbons (Fsp3) is 0.296. The van der Waals surface area contributed by atoms with Gasteiger partial charge in [0.05, 0.1) is 16.9 Å². The van der Waals surface area contributed by atoms with Gasteiger partial charge in [-0.25, -0.2) is 9.69 Å². The Hall–Kier alpha value is -3.69. The van der Waals surface area contributed by atoms with Gasteiger partial charge in [0, 0.05) is 18.7 Å². The summed E-state index contributed by atoms with van der Waals surface area (Å²) in [6.45, 7) is 8.13. The smallest absolute Gasteiger partial charge is 0.445 e. The van der Waals surface area contributed by atoms with Gasteiger partial charge >= 0.3 is 13.2 Å². The number of imide groups is 1. The highest BCUT2D eigenvalue weighted by Gasteiger charge is 2.52. The maximum atomic E-state index is 12.4. The minimum Gasteiger partial charge on any atom is -0.445 e. The number of hydrogen-bond acceptors (Lipinski definition) is 6. The molecule has 1 N–H and O–H groups in total. The quantitative estimate of drug-likeness (QED) is 0.467. The van der Waals surface area contributed by atoms with Gasteiger partial charge in [0.15, 0.2) is 0 Å². The molecule has 186 valence electrons. The Kier molecular flexibility index (Phi) is 7.15. The van der Waals surface area contributed by atoms with Gasteiger partial charge in [-0.05, 0) is 56.4 Å². The van der Waals surface area contributed by atoms with E-state index in [9.17, 15) is 14.4 Å². The molecule has 0 spiro atoms. The molecule has 0 atom stereocenters.